The minimum Gasteiger partial charge on any atom is -0.478 e. The Morgan fingerprint density at radius 2 is 2.05 bits per heavy atom. The lowest BCUT2D eigenvalue weighted by atomic mass is 10.2. The van der Waals surface area contributed by atoms with Gasteiger partial charge in [-0.2, -0.15) is 0 Å². The number of carboxylic acid groups (broad SMARTS) is 1. The van der Waals surface area contributed by atoms with Gasteiger partial charge >= 0.3 is 5.97 Å². The average molecular weight is 297 g/mol. The Bertz CT molecular complexity index is 645. The molecule has 0 unspecified atom stereocenters. The van der Waals surface area contributed by atoms with E-state index in [1.807, 2.05) is 13.0 Å². The van der Waals surface area contributed by atoms with Crippen molar-refractivity contribution < 1.29 is 9.90 Å². The lowest BCUT2D eigenvalue weighted by Crippen LogP contribution is -2.01. The molecule has 0 aliphatic heterocycles. The maximum absolute atomic E-state index is 10.9. The Labute approximate surface area is 120 Å². The van der Waals surface area contributed by atoms with Crippen molar-refractivity contribution in [3.63, 3.8) is 0 Å². The van der Waals surface area contributed by atoms with Crippen LogP contribution < -0.4 is 5.32 Å². The van der Waals surface area contributed by atoms with E-state index < -0.39 is 5.97 Å². The van der Waals surface area contributed by atoms with Gasteiger partial charge in [-0.05, 0) is 36.8 Å². The number of carbonyl (C=O) groups is 1. The summed E-state index contributed by atoms with van der Waals surface area (Å²) in [6, 6.07) is 8.09. The molecule has 0 bridgehead atoms. The van der Waals surface area contributed by atoms with Crippen LogP contribution in [0.5, 0.6) is 0 Å². The maximum Gasteiger partial charge on any atom is 0.335 e. The first-order valence-electron chi connectivity index (χ1n) is 5.40. The highest BCUT2D eigenvalue weighted by atomic mass is 35.5. The van der Waals surface area contributed by atoms with Crippen molar-refractivity contribution in [2.45, 2.75) is 6.92 Å². The van der Waals surface area contributed by atoms with Gasteiger partial charge in [-0.1, -0.05) is 29.3 Å². The molecule has 0 saturated carbocycles. The largest absolute Gasteiger partial charge is 0.478 e. The summed E-state index contributed by atoms with van der Waals surface area (Å²) in [6.07, 6.45) is 0. The number of nitrogens with one attached hydrogen (secondary N) is 1. The summed E-state index contributed by atoms with van der Waals surface area (Å²) in [4.78, 5) is 15.0. The molecule has 98 valence electrons. The summed E-state index contributed by atoms with van der Waals surface area (Å²) in [5, 5.41) is 12.7. The average Bonchev–Trinajstić information content (AvgIpc) is 2.34. The van der Waals surface area contributed by atoms with Crippen LogP contribution in [0, 0.1) is 6.92 Å². The van der Waals surface area contributed by atoms with Gasteiger partial charge in [0.1, 0.15) is 11.0 Å². The molecule has 0 aliphatic carbocycles. The summed E-state index contributed by atoms with van der Waals surface area (Å²) in [7, 11) is 0. The second-order valence-corrected chi connectivity index (χ2v) is 4.70. The van der Waals surface area contributed by atoms with Crippen LogP contribution >= 0.6 is 23.2 Å². The van der Waals surface area contributed by atoms with Crippen LogP contribution in [0.2, 0.25) is 10.2 Å². The third-order valence-corrected chi connectivity index (χ3v) is 3.17. The van der Waals surface area contributed by atoms with Gasteiger partial charge in [-0.25, -0.2) is 9.78 Å². The quantitative estimate of drug-likeness (QED) is 0.836. The minimum absolute atomic E-state index is 0.0715. The Morgan fingerprint density at radius 3 is 2.74 bits per heavy atom. The number of aromatic nitrogens is 1. The fraction of sp³-hybridized carbons (Fsp3) is 0.0769. The van der Waals surface area contributed by atoms with Crippen molar-refractivity contribution in [2.24, 2.45) is 0 Å². The number of halogens is 2. The fourth-order valence-corrected chi connectivity index (χ4v) is 1.95. The molecule has 4 nitrogen and oxygen atoms in total. The number of carboxylic acids is 1. The van der Waals surface area contributed by atoms with Gasteiger partial charge in [-0.3, -0.25) is 0 Å². The predicted molar refractivity (Wildman–Crippen MR) is 75.7 cm³/mol. The van der Waals surface area contributed by atoms with Crippen LogP contribution in [-0.4, -0.2) is 16.1 Å². The zero-order valence-electron chi connectivity index (χ0n) is 9.95. The number of hydrogen-bond donors (Lipinski definition) is 2. The first-order chi connectivity index (χ1) is 8.97. The van der Waals surface area contributed by atoms with Crippen molar-refractivity contribution >= 4 is 40.7 Å². The molecule has 0 spiro atoms. The summed E-state index contributed by atoms with van der Waals surface area (Å²) < 4.78 is 0. The monoisotopic (exact) mass is 296 g/mol. The number of aromatic carboxylic acids is 1. The Kier molecular flexibility index (Phi) is 3.93. The molecule has 0 aliphatic rings. The number of hydrogen-bond acceptors (Lipinski definition) is 3. The number of rotatable bonds is 3. The lowest BCUT2D eigenvalue weighted by Gasteiger charge is -2.10. The highest BCUT2D eigenvalue weighted by Crippen LogP contribution is 2.26. The third kappa shape index (κ3) is 3.16. The number of benzene rings is 1. The van der Waals surface area contributed by atoms with Gasteiger partial charge in [0, 0.05) is 10.7 Å². The topological polar surface area (TPSA) is 62.2 Å². The summed E-state index contributed by atoms with van der Waals surface area (Å²) in [5.41, 5.74) is 1.67. The van der Waals surface area contributed by atoms with E-state index in [4.69, 9.17) is 28.3 Å². The summed E-state index contributed by atoms with van der Waals surface area (Å²) in [5.74, 6) is -0.703. The number of anilines is 2. The lowest BCUT2D eigenvalue weighted by molar-refractivity contribution is 0.0697. The third-order valence-electron chi connectivity index (χ3n) is 2.57. The fourth-order valence-electron chi connectivity index (χ4n) is 1.57. The Balaban J connectivity index is 2.38. The zero-order valence-corrected chi connectivity index (χ0v) is 11.5. The van der Waals surface area contributed by atoms with E-state index in [2.05, 4.69) is 10.3 Å². The van der Waals surface area contributed by atoms with Gasteiger partial charge < -0.3 is 10.4 Å². The van der Waals surface area contributed by atoms with Crippen molar-refractivity contribution in [1.82, 2.24) is 4.98 Å². The van der Waals surface area contributed by atoms with Crippen molar-refractivity contribution in [1.29, 1.82) is 0 Å². The standard InChI is InChI=1S/C13H10Cl2N2O2/c1-7-9(14)3-2-4-10(7)16-12-6-8(13(18)19)5-11(15)17-12/h2-6H,1H3,(H,16,17)(H,18,19). The van der Waals surface area contributed by atoms with E-state index in [1.54, 1.807) is 12.1 Å². The normalized spacial score (nSPS) is 10.3. The molecule has 19 heavy (non-hydrogen) atoms. The van der Waals surface area contributed by atoms with Gasteiger partial charge in [0.05, 0.1) is 5.56 Å². The molecular weight excluding hydrogens is 287 g/mol. The van der Waals surface area contributed by atoms with Crippen LogP contribution in [0.25, 0.3) is 0 Å². The molecule has 1 aromatic carbocycles. The predicted octanol–water partition coefficient (Wildman–Crippen LogP) is 4.14. The van der Waals surface area contributed by atoms with E-state index in [-0.39, 0.29) is 10.7 Å². The molecule has 1 heterocycles. The van der Waals surface area contributed by atoms with E-state index in [1.165, 1.54) is 12.1 Å². The number of nitrogens with zero attached hydrogens (tertiary/aromatic N) is 1. The second kappa shape index (κ2) is 5.47. The second-order valence-electron chi connectivity index (χ2n) is 3.91. The number of pyridine rings is 1. The van der Waals surface area contributed by atoms with Crippen molar-refractivity contribution in [3.05, 3.63) is 51.6 Å². The molecule has 0 atom stereocenters. The van der Waals surface area contributed by atoms with Crippen LogP contribution in [0.15, 0.2) is 30.3 Å². The molecule has 0 amide bonds. The van der Waals surface area contributed by atoms with E-state index in [9.17, 15) is 4.79 Å². The highest BCUT2D eigenvalue weighted by Gasteiger charge is 2.09. The first kappa shape index (κ1) is 13.6. The van der Waals surface area contributed by atoms with Gasteiger partial charge in [0.2, 0.25) is 0 Å². The van der Waals surface area contributed by atoms with Crippen LogP contribution in [0.1, 0.15) is 15.9 Å². The smallest absolute Gasteiger partial charge is 0.335 e. The maximum atomic E-state index is 10.9. The van der Waals surface area contributed by atoms with Crippen molar-refractivity contribution in [2.75, 3.05) is 5.32 Å². The Morgan fingerprint density at radius 1 is 1.32 bits per heavy atom. The van der Waals surface area contributed by atoms with Gasteiger partial charge in [0.25, 0.3) is 0 Å². The van der Waals surface area contributed by atoms with Crippen molar-refractivity contribution in [3.8, 4) is 0 Å². The molecule has 2 rings (SSSR count). The molecule has 2 N–H and O–H groups in total. The van der Waals surface area contributed by atoms with Crippen LogP contribution in [0.3, 0.4) is 0 Å². The Hall–Kier alpha value is -1.78. The molecule has 2 aromatic rings. The highest BCUT2D eigenvalue weighted by molar-refractivity contribution is 6.31. The van der Waals surface area contributed by atoms with E-state index >= 15 is 0 Å². The summed E-state index contributed by atoms with van der Waals surface area (Å²) in [6.45, 7) is 1.85. The van der Waals surface area contributed by atoms with Gasteiger partial charge in [-0.15, -0.1) is 0 Å². The van der Waals surface area contributed by atoms with Crippen LogP contribution in [0.4, 0.5) is 11.5 Å². The van der Waals surface area contributed by atoms with Crippen LogP contribution in [-0.2, 0) is 0 Å². The summed E-state index contributed by atoms with van der Waals surface area (Å²) >= 11 is 11.8. The molecule has 6 heteroatoms. The van der Waals surface area contributed by atoms with Gasteiger partial charge in [0.15, 0.2) is 0 Å². The zero-order chi connectivity index (χ0) is 14.0. The molecule has 0 radical (unpaired) electrons. The minimum atomic E-state index is -1.06. The molecule has 1 aromatic heterocycles. The molecular formula is C13H10Cl2N2O2. The van der Waals surface area contributed by atoms with E-state index in [0.29, 0.717) is 10.8 Å². The molecule has 0 fully saturated rings. The molecule has 0 saturated heterocycles. The first-order valence-corrected chi connectivity index (χ1v) is 6.16. The van der Waals surface area contributed by atoms with E-state index in [0.717, 1.165) is 11.3 Å². The SMILES string of the molecule is Cc1c(Cl)cccc1Nc1cc(C(=O)O)cc(Cl)n1.